The van der Waals surface area contributed by atoms with Crippen LogP contribution in [0.25, 0.3) is 6.08 Å². The van der Waals surface area contributed by atoms with Gasteiger partial charge in [-0.3, -0.25) is 9.69 Å². The lowest BCUT2D eigenvalue weighted by Gasteiger charge is -2.14. The Morgan fingerprint density at radius 3 is 2.61 bits per heavy atom. The van der Waals surface area contributed by atoms with E-state index >= 15 is 0 Å². The third-order valence-electron chi connectivity index (χ3n) is 3.20. The molecule has 0 radical (unpaired) electrons. The Labute approximate surface area is 148 Å². The molecule has 0 spiro atoms. The minimum atomic E-state index is -0.174. The van der Waals surface area contributed by atoms with Crippen molar-refractivity contribution < 1.29 is 4.79 Å². The molecule has 3 nitrogen and oxygen atoms in total. The summed E-state index contributed by atoms with van der Waals surface area (Å²) in [6.07, 6.45) is 1.77. The summed E-state index contributed by atoms with van der Waals surface area (Å²) in [5, 5.41) is 9.36. The van der Waals surface area contributed by atoms with Crippen LogP contribution in [0.1, 0.15) is 11.1 Å². The maximum absolute atomic E-state index is 12.6. The number of amides is 1. The van der Waals surface area contributed by atoms with E-state index in [4.69, 9.17) is 29.1 Å². The number of halogens is 1. The van der Waals surface area contributed by atoms with E-state index in [2.05, 4.69) is 6.07 Å². The zero-order valence-corrected chi connectivity index (χ0v) is 14.1. The number of thiocarbonyl (C=S) groups is 1. The number of hydrogen-bond acceptors (Lipinski definition) is 4. The summed E-state index contributed by atoms with van der Waals surface area (Å²) in [7, 11) is 0. The Morgan fingerprint density at radius 1 is 1.22 bits per heavy atom. The second kappa shape index (κ2) is 6.55. The van der Waals surface area contributed by atoms with Crippen LogP contribution in [0, 0.1) is 11.3 Å². The largest absolute Gasteiger partial charge is 0.270 e. The predicted molar refractivity (Wildman–Crippen MR) is 98.3 cm³/mol. The van der Waals surface area contributed by atoms with Gasteiger partial charge in [0.15, 0.2) is 4.32 Å². The van der Waals surface area contributed by atoms with E-state index in [1.54, 1.807) is 54.6 Å². The zero-order valence-electron chi connectivity index (χ0n) is 11.7. The number of carbonyl (C=O) groups excluding carboxylic acids is 1. The number of thioether (sulfide) groups is 1. The highest BCUT2D eigenvalue weighted by Gasteiger charge is 2.33. The van der Waals surface area contributed by atoms with Gasteiger partial charge in [-0.2, -0.15) is 5.26 Å². The van der Waals surface area contributed by atoms with Crippen molar-refractivity contribution in [1.29, 1.82) is 5.26 Å². The summed E-state index contributed by atoms with van der Waals surface area (Å²) in [4.78, 5) is 14.6. The third-order valence-corrected chi connectivity index (χ3v) is 4.73. The molecule has 0 aromatic heterocycles. The van der Waals surface area contributed by atoms with Crippen LogP contribution in [0.4, 0.5) is 5.69 Å². The number of carbonyl (C=O) groups is 1. The van der Waals surface area contributed by atoms with E-state index in [1.165, 1.54) is 16.7 Å². The van der Waals surface area contributed by atoms with Crippen molar-refractivity contribution in [2.24, 2.45) is 0 Å². The molecule has 0 unspecified atom stereocenters. The lowest BCUT2D eigenvalue weighted by molar-refractivity contribution is -0.113. The smallest absolute Gasteiger partial charge is 0.268 e. The number of benzene rings is 2. The maximum atomic E-state index is 12.6. The SMILES string of the molecule is N#Cc1ccc(/C=C2/SC(=S)N(c3cccc(Cl)c3)C2=O)cc1. The van der Waals surface area contributed by atoms with Gasteiger partial charge < -0.3 is 0 Å². The normalized spacial score (nSPS) is 16.0. The topological polar surface area (TPSA) is 44.1 Å². The van der Waals surface area contributed by atoms with Gasteiger partial charge in [0, 0.05) is 5.02 Å². The van der Waals surface area contributed by atoms with E-state index in [0.717, 1.165) is 5.56 Å². The average Bonchev–Trinajstić information content (AvgIpc) is 2.82. The second-order valence-corrected chi connectivity index (χ2v) is 6.84. The first-order valence-electron chi connectivity index (χ1n) is 6.62. The van der Waals surface area contributed by atoms with Crippen LogP contribution in [0.5, 0.6) is 0 Å². The van der Waals surface area contributed by atoms with Crippen molar-refractivity contribution in [1.82, 2.24) is 0 Å². The number of rotatable bonds is 2. The second-order valence-electron chi connectivity index (χ2n) is 4.73. The average molecular weight is 357 g/mol. The van der Waals surface area contributed by atoms with Gasteiger partial charge in [0.2, 0.25) is 0 Å². The van der Waals surface area contributed by atoms with E-state index in [9.17, 15) is 4.79 Å². The van der Waals surface area contributed by atoms with Gasteiger partial charge in [0.1, 0.15) is 0 Å². The highest BCUT2D eigenvalue weighted by atomic mass is 35.5. The third kappa shape index (κ3) is 3.30. The molecular formula is C17H9ClN2OS2. The standard InChI is InChI=1S/C17H9ClN2OS2/c18-13-2-1-3-14(9-13)20-16(21)15(23-17(20)22)8-11-4-6-12(10-19)7-5-11/h1-9H/b15-8+. The molecule has 0 N–H and O–H groups in total. The molecule has 3 rings (SSSR count). The molecule has 0 atom stereocenters. The predicted octanol–water partition coefficient (Wildman–Crippen LogP) is 4.62. The molecule has 1 amide bonds. The van der Waals surface area contributed by atoms with Crippen molar-refractivity contribution in [3.63, 3.8) is 0 Å². The molecule has 6 heteroatoms. The summed E-state index contributed by atoms with van der Waals surface area (Å²) in [5.74, 6) is -0.174. The number of nitriles is 1. The summed E-state index contributed by atoms with van der Waals surface area (Å²) in [6.45, 7) is 0. The van der Waals surface area contributed by atoms with Crippen LogP contribution in [0.3, 0.4) is 0 Å². The molecule has 23 heavy (non-hydrogen) atoms. The Balaban J connectivity index is 1.91. The van der Waals surface area contributed by atoms with Crippen molar-refractivity contribution >= 4 is 57.6 Å². The van der Waals surface area contributed by atoms with Gasteiger partial charge in [0.25, 0.3) is 5.91 Å². The first kappa shape index (κ1) is 15.8. The fraction of sp³-hybridized carbons (Fsp3) is 0. The fourth-order valence-corrected chi connectivity index (χ4v) is 3.59. The molecule has 112 valence electrons. The number of anilines is 1. The van der Waals surface area contributed by atoms with Gasteiger partial charge in [-0.1, -0.05) is 53.8 Å². The van der Waals surface area contributed by atoms with E-state index in [-0.39, 0.29) is 5.91 Å². The molecule has 0 saturated carbocycles. The summed E-state index contributed by atoms with van der Waals surface area (Å²) >= 11 is 12.5. The summed E-state index contributed by atoms with van der Waals surface area (Å²) in [5.41, 5.74) is 2.08. The minimum absolute atomic E-state index is 0.174. The Kier molecular flexibility index (Phi) is 4.49. The lowest BCUT2D eigenvalue weighted by atomic mass is 10.1. The summed E-state index contributed by atoms with van der Waals surface area (Å²) in [6, 6.07) is 16.1. The van der Waals surface area contributed by atoms with Gasteiger partial charge in [-0.15, -0.1) is 0 Å². The maximum Gasteiger partial charge on any atom is 0.270 e. The molecule has 1 heterocycles. The van der Waals surface area contributed by atoms with Crippen LogP contribution in [0.15, 0.2) is 53.4 Å². The molecule has 1 fully saturated rings. The lowest BCUT2D eigenvalue weighted by Crippen LogP contribution is -2.27. The van der Waals surface area contributed by atoms with Crippen LogP contribution < -0.4 is 4.90 Å². The van der Waals surface area contributed by atoms with Crippen molar-refractivity contribution in [2.75, 3.05) is 4.90 Å². The monoisotopic (exact) mass is 356 g/mol. The number of hydrogen-bond donors (Lipinski definition) is 0. The molecule has 1 saturated heterocycles. The minimum Gasteiger partial charge on any atom is -0.268 e. The van der Waals surface area contributed by atoms with Crippen LogP contribution >= 0.6 is 35.6 Å². The van der Waals surface area contributed by atoms with Crippen molar-refractivity contribution in [3.05, 3.63) is 69.6 Å². The van der Waals surface area contributed by atoms with E-state index in [1.807, 2.05) is 0 Å². The van der Waals surface area contributed by atoms with Crippen LogP contribution in [0.2, 0.25) is 5.02 Å². The zero-order chi connectivity index (χ0) is 16.4. The van der Waals surface area contributed by atoms with E-state index in [0.29, 0.717) is 25.5 Å². The van der Waals surface area contributed by atoms with Gasteiger partial charge in [0.05, 0.1) is 22.2 Å². The number of nitrogens with zero attached hydrogens (tertiary/aromatic N) is 2. The summed E-state index contributed by atoms with van der Waals surface area (Å²) < 4.78 is 0.470. The van der Waals surface area contributed by atoms with Crippen molar-refractivity contribution in [3.8, 4) is 6.07 Å². The van der Waals surface area contributed by atoms with Crippen molar-refractivity contribution in [2.45, 2.75) is 0 Å². The molecule has 1 aliphatic heterocycles. The molecule has 0 bridgehead atoms. The van der Waals surface area contributed by atoms with Gasteiger partial charge >= 0.3 is 0 Å². The van der Waals surface area contributed by atoms with Crippen LogP contribution in [-0.4, -0.2) is 10.2 Å². The Hall–Kier alpha value is -2.13. The highest BCUT2D eigenvalue weighted by Crippen LogP contribution is 2.36. The molecule has 2 aromatic rings. The first-order valence-corrected chi connectivity index (χ1v) is 8.22. The van der Waals surface area contributed by atoms with Gasteiger partial charge in [-0.25, -0.2) is 0 Å². The highest BCUT2D eigenvalue weighted by molar-refractivity contribution is 8.27. The Morgan fingerprint density at radius 2 is 1.96 bits per heavy atom. The molecule has 1 aliphatic rings. The Bertz CT molecular complexity index is 869. The molecule has 2 aromatic carbocycles. The van der Waals surface area contributed by atoms with Gasteiger partial charge in [-0.05, 0) is 42.0 Å². The molecular weight excluding hydrogens is 348 g/mol. The van der Waals surface area contributed by atoms with E-state index < -0.39 is 0 Å². The fourth-order valence-electron chi connectivity index (χ4n) is 2.11. The van der Waals surface area contributed by atoms with Crippen LogP contribution in [-0.2, 0) is 4.79 Å². The first-order chi connectivity index (χ1) is 11.1. The quantitative estimate of drug-likeness (QED) is 0.582. The molecule has 0 aliphatic carbocycles.